The van der Waals surface area contributed by atoms with Gasteiger partial charge < -0.3 is 15.0 Å². The van der Waals surface area contributed by atoms with Gasteiger partial charge in [0.2, 0.25) is 5.91 Å². The number of carbonyl (C=O) groups excluding carboxylic acids is 1. The van der Waals surface area contributed by atoms with E-state index in [2.05, 4.69) is 35.6 Å². The van der Waals surface area contributed by atoms with E-state index in [1.807, 2.05) is 11.0 Å². The number of likely N-dealkylation sites (tertiary alicyclic amines) is 1. The van der Waals surface area contributed by atoms with Gasteiger partial charge in [-0.1, -0.05) is 36.8 Å². The number of rotatable bonds is 6. The van der Waals surface area contributed by atoms with Crippen molar-refractivity contribution in [2.45, 2.75) is 32.2 Å². The van der Waals surface area contributed by atoms with Gasteiger partial charge in [0, 0.05) is 38.2 Å². The quantitative estimate of drug-likeness (QED) is 0.828. The van der Waals surface area contributed by atoms with Gasteiger partial charge in [-0.05, 0) is 29.7 Å². The Hall–Kier alpha value is -2.07. The van der Waals surface area contributed by atoms with E-state index in [1.54, 1.807) is 7.11 Å². The van der Waals surface area contributed by atoms with E-state index >= 15 is 0 Å². The van der Waals surface area contributed by atoms with Crippen LogP contribution in [-0.2, 0) is 11.3 Å². The third kappa shape index (κ3) is 3.88. The summed E-state index contributed by atoms with van der Waals surface area (Å²) in [6.45, 7) is 3.23. The van der Waals surface area contributed by atoms with Gasteiger partial charge in [0.25, 0.3) is 0 Å². The lowest BCUT2D eigenvalue weighted by molar-refractivity contribution is -0.130. The summed E-state index contributed by atoms with van der Waals surface area (Å²) in [7, 11) is 1.71. The predicted molar refractivity (Wildman–Crippen MR) is 97.3 cm³/mol. The monoisotopic (exact) mass is 326 g/mol. The molecule has 2 aromatic carbocycles. The lowest BCUT2D eigenvalue weighted by Crippen LogP contribution is -2.36. The topological polar surface area (TPSA) is 41.6 Å². The molecule has 0 spiro atoms. The summed E-state index contributed by atoms with van der Waals surface area (Å²) >= 11 is 0. The molecule has 0 atom stereocenters. The lowest BCUT2D eigenvalue weighted by Gasteiger charge is -2.21. The average Bonchev–Trinajstić information content (AvgIpc) is 2.83. The van der Waals surface area contributed by atoms with Crippen LogP contribution in [0.25, 0.3) is 10.8 Å². The zero-order chi connectivity index (χ0) is 16.8. The molecule has 0 aliphatic carbocycles. The van der Waals surface area contributed by atoms with Gasteiger partial charge in [0.15, 0.2) is 0 Å². The first-order chi connectivity index (χ1) is 11.8. The summed E-state index contributed by atoms with van der Waals surface area (Å²) in [5.41, 5.74) is 1.18. The third-order valence-corrected chi connectivity index (χ3v) is 4.75. The second-order valence-corrected chi connectivity index (χ2v) is 6.34. The summed E-state index contributed by atoms with van der Waals surface area (Å²) in [5.74, 6) is 1.21. The van der Waals surface area contributed by atoms with Crippen LogP contribution in [0.3, 0.4) is 0 Å². The van der Waals surface area contributed by atoms with Crippen molar-refractivity contribution in [3.05, 3.63) is 42.0 Å². The summed E-state index contributed by atoms with van der Waals surface area (Å²) in [5, 5.41) is 5.92. The van der Waals surface area contributed by atoms with Crippen LogP contribution >= 0.6 is 0 Å². The van der Waals surface area contributed by atoms with Crippen LogP contribution in [0.4, 0.5) is 0 Å². The number of fused-ring (bicyclic) bond motifs is 1. The molecule has 0 bridgehead atoms. The highest BCUT2D eigenvalue weighted by atomic mass is 16.5. The fourth-order valence-electron chi connectivity index (χ4n) is 3.39. The van der Waals surface area contributed by atoms with Crippen molar-refractivity contribution >= 4 is 16.7 Å². The van der Waals surface area contributed by atoms with Crippen molar-refractivity contribution < 1.29 is 9.53 Å². The summed E-state index contributed by atoms with van der Waals surface area (Å²) in [6, 6.07) is 12.5. The Balaban J connectivity index is 1.62. The number of amides is 1. The lowest BCUT2D eigenvalue weighted by atomic mass is 10.0. The molecule has 3 rings (SSSR count). The second-order valence-electron chi connectivity index (χ2n) is 6.34. The minimum atomic E-state index is 0.303. The van der Waals surface area contributed by atoms with Crippen LogP contribution in [0, 0.1) is 0 Å². The van der Waals surface area contributed by atoms with Crippen LogP contribution in [0.15, 0.2) is 36.4 Å². The Morgan fingerprint density at radius 3 is 2.88 bits per heavy atom. The Bertz CT molecular complexity index is 699. The van der Waals surface area contributed by atoms with Gasteiger partial charge in [-0.3, -0.25) is 4.79 Å². The molecule has 2 aromatic rings. The van der Waals surface area contributed by atoms with Gasteiger partial charge >= 0.3 is 0 Å². The predicted octanol–water partition coefficient (Wildman–Crippen LogP) is 3.34. The molecule has 128 valence electrons. The number of ether oxygens (including phenoxy) is 1. The highest BCUT2D eigenvalue weighted by molar-refractivity contribution is 5.87. The Kier molecular flexibility index (Phi) is 5.70. The first kappa shape index (κ1) is 16.8. The van der Waals surface area contributed by atoms with Gasteiger partial charge in [-0.25, -0.2) is 0 Å². The van der Waals surface area contributed by atoms with Crippen molar-refractivity contribution in [2.75, 3.05) is 26.7 Å². The number of carbonyl (C=O) groups is 1. The van der Waals surface area contributed by atoms with E-state index in [0.717, 1.165) is 44.8 Å². The van der Waals surface area contributed by atoms with E-state index in [9.17, 15) is 4.79 Å². The normalized spacial score (nSPS) is 15.5. The minimum Gasteiger partial charge on any atom is -0.496 e. The van der Waals surface area contributed by atoms with Gasteiger partial charge in [0.1, 0.15) is 5.75 Å². The second kappa shape index (κ2) is 8.15. The maximum absolute atomic E-state index is 12.0. The molecule has 1 N–H and O–H groups in total. The maximum Gasteiger partial charge on any atom is 0.222 e. The first-order valence-electron chi connectivity index (χ1n) is 8.82. The van der Waals surface area contributed by atoms with Crippen molar-refractivity contribution in [3.8, 4) is 5.75 Å². The van der Waals surface area contributed by atoms with Gasteiger partial charge in [0.05, 0.1) is 7.11 Å². The van der Waals surface area contributed by atoms with Gasteiger partial charge in [-0.2, -0.15) is 0 Å². The van der Waals surface area contributed by atoms with E-state index in [4.69, 9.17) is 4.74 Å². The van der Waals surface area contributed by atoms with Crippen LogP contribution in [0.1, 0.15) is 31.2 Å². The molecule has 0 unspecified atom stereocenters. The highest BCUT2D eigenvalue weighted by Crippen LogP contribution is 2.27. The van der Waals surface area contributed by atoms with Crippen molar-refractivity contribution in [1.29, 1.82) is 0 Å². The number of methoxy groups -OCH3 is 1. The maximum atomic E-state index is 12.0. The minimum absolute atomic E-state index is 0.303. The average molecular weight is 326 g/mol. The molecule has 0 aromatic heterocycles. The smallest absolute Gasteiger partial charge is 0.222 e. The van der Waals surface area contributed by atoms with E-state index in [1.165, 1.54) is 22.8 Å². The Morgan fingerprint density at radius 2 is 2.00 bits per heavy atom. The van der Waals surface area contributed by atoms with E-state index in [0.29, 0.717) is 12.3 Å². The molecule has 1 aliphatic heterocycles. The number of hydrogen-bond acceptors (Lipinski definition) is 3. The van der Waals surface area contributed by atoms with Gasteiger partial charge in [-0.15, -0.1) is 0 Å². The summed E-state index contributed by atoms with van der Waals surface area (Å²) < 4.78 is 5.53. The first-order valence-corrected chi connectivity index (χ1v) is 8.82. The molecule has 1 saturated heterocycles. The molecule has 1 heterocycles. The van der Waals surface area contributed by atoms with Crippen molar-refractivity contribution in [1.82, 2.24) is 10.2 Å². The van der Waals surface area contributed by atoms with Crippen LogP contribution in [-0.4, -0.2) is 37.6 Å². The summed E-state index contributed by atoms with van der Waals surface area (Å²) in [6.07, 6.45) is 4.04. The fraction of sp³-hybridized carbons (Fsp3) is 0.450. The molecule has 4 heteroatoms. The molecule has 1 fully saturated rings. The van der Waals surface area contributed by atoms with Crippen molar-refractivity contribution in [3.63, 3.8) is 0 Å². The molecular formula is C20H26N2O2. The fourth-order valence-corrected chi connectivity index (χ4v) is 3.39. The van der Waals surface area contributed by atoms with Crippen LogP contribution in [0.2, 0.25) is 0 Å². The largest absolute Gasteiger partial charge is 0.496 e. The molecular weight excluding hydrogens is 300 g/mol. The molecule has 0 saturated carbocycles. The van der Waals surface area contributed by atoms with E-state index in [-0.39, 0.29) is 0 Å². The van der Waals surface area contributed by atoms with E-state index < -0.39 is 0 Å². The van der Waals surface area contributed by atoms with Crippen LogP contribution in [0.5, 0.6) is 5.75 Å². The number of nitrogens with one attached hydrogen (secondary N) is 1. The number of nitrogens with zero attached hydrogens (tertiary/aromatic N) is 1. The van der Waals surface area contributed by atoms with Crippen molar-refractivity contribution in [2.24, 2.45) is 0 Å². The summed E-state index contributed by atoms with van der Waals surface area (Å²) in [4.78, 5) is 14.0. The SMILES string of the molecule is COc1ccc2ccccc2c1CNCCN1CCCCCC1=O. The zero-order valence-corrected chi connectivity index (χ0v) is 14.4. The molecule has 1 amide bonds. The molecule has 1 aliphatic rings. The third-order valence-electron chi connectivity index (χ3n) is 4.75. The zero-order valence-electron chi connectivity index (χ0n) is 14.4. The molecule has 24 heavy (non-hydrogen) atoms. The number of hydrogen-bond donors (Lipinski definition) is 1. The van der Waals surface area contributed by atoms with Crippen LogP contribution < -0.4 is 10.1 Å². The highest BCUT2D eigenvalue weighted by Gasteiger charge is 2.15. The molecule has 4 nitrogen and oxygen atoms in total. The Morgan fingerprint density at radius 1 is 1.12 bits per heavy atom. The standard InChI is InChI=1S/C20H26N2O2/c1-24-19-11-10-16-7-4-5-8-17(16)18(19)15-21-12-14-22-13-6-2-3-9-20(22)23/h4-5,7-8,10-11,21H,2-3,6,9,12-15H2,1H3. The Labute approximate surface area is 143 Å². The number of benzene rings is 2. The molecule has 0 radical (unpaired) electrons.